The molecule has 0 aliphatic carbocycles. The summed E-state index contributed by atoms with van der Waals surface area (Å²) in [4.78, 5) is 12.1. The Kier molecular flexibility index (Phi) is 4.79. The van der Waals surface area contributed by atoms with Gasteiger partial charge in [0.2, 0.25) is 0 Å². The fourth-order valence-electron chi connectivity index (χ4n) is 2.14. The first kappa shape index (κ1) is 15.8. The highest BCUT2D eigenvalue weighted by atomic mass is 79.9. The van der Waals surface area contributed by atoms with Crippen molar-refractivity contribution in [3.63, 3.8) is 0 Å². The first-order valence-corrected chi connectivity index (χ1v) is 8.13. The summed E-state index contributed by atoms with van der Waals surface area (Å²) >= 11 is 9.39. The van der Waals surface area contributed by atoms with Gasteiger partial charge in [0, 0.05) is 20.6 Å². The Hall–Kier alpha value is -2.10. The third-order valence-electron chi connectivity index (χ3n) is 3.27. The van der Waals surface area contributed by atoms with E-state index < -0.39 is 0 Å². The van der Waals surface area contributed by atoms with Gasteiger partial charge in [-0.15, -0.1) is 0 Å². The minimum atomic E-state index is -0.119. The number of furan rings is 1. The van der Waals surface area contributed by atoms with Crippen LogP contribution in [0.2, 0.25) is 5.02 Å². The Morgan fingerprint density at radius 2 is 1.87 bits per heavy atom. The van der Waals surface area contributed by atoms with Crippen LogP contribution in [0.1, 0.15) is 16.1 Å². The molecule has 2 aromatic carbocycles. The quantitative estimate of drug-likeness (QED) is 0.391. The van der Waals surface area contributed by atoms with Crippen LogP contribution in [-0.2, 0) is 0 Å². The highest BCUT2D eigenvalue weighted by molar-refractivity contribution is 9.10. The molecule has 0 bridgehead atoms. The normalized spacial score (nSPS) is 11.0. The zero-order valence-electron chi connectivity index (χ0n) is 12.0. The lowest BCUT2D eigenvalue weighted by Crippen LogP contribution is -1.93. The summed E-state index contributed by atoms with van der Waals surface area (Å²) in [6.45, 7) is 0. The standard InChI is InChI=1S/C19H12BrClO2/c20-17-7-2-1-6-16(17)19-11-9-15(23-19)8-10-18(22)13-4-3-5-14(21)12-13/h1-12H/b10-8+. The van der Waals surface area contributed by atoms with E-state index in [-0.39, 0.29) is 5.78 Å². The highest BCUT2D eigenvalue weighted by Crippen LogP contribution is 2.29. The fraction of sp³-hybridized carbons (Fsp3) is 0. The van der Waals surface area contributed by atoms with Crippen molar-refractivity contribution in [2.45, 2.75) is 0 Å². The van der Waals surface area contributed by atoms with Crippen LogP contribution in [-0.4, -0.2) is 5.78 Å². The highest BCUT2D eigenvalue weighted by Gasteiger charge is 2.07. The van der Waals surface area contributed by atoms with Gasteiger partial charge in [-0.2, -0.15) is 0 Å². The molecule has 3 aromatic rings. The third kappa shape index (κ3) is 3.81. The Labute approximate surface area is 147 Å². The van der Waals surface area contributed by atoms with Crippen LogP contribution in [0.5, 0.6) is 0 Å². The fourth-order valence-corrected chi connectivity index (χ4v) is 2.81. The third-order valence-corrected chi connectivity index (χ3v) is 4.20. The molecule has 0 amide bonds. The van der Waals surface area contributed by atoms with E-state index in [4.69, 9.17) is 16.0 Å². The van der Waals surface area contributed by atoms with E-state index in [0.717, 1.165) is 15.8 Å². The van der Waals surface area contributed by atoms with Crippen LogP contribution < -0.4 is 0 Å². The summed E-state index contributed by atoms with van der Waals surface area (Å²) in [5, 5.41) is 0.540. The largest absolute Gasteiger partial charge is 0.457 e. The molecule has 0 N–H and O–H groups in total. The summed E-state index contributed by atoms with van der Waals surface area (Å²) in [5.41, 5.74) is 1.51. The van der Waals surface area contributed by atoms with Crippen LogP contribution >= 0.6 is 27.5 Å². The average molecular weight is 388 g/mol. The number of hydrogen-bond donors (Lipinski definition) is 0. The minimum Gasteiger partial charge on any atom is -0.457 e. The Balaban J connectivity index is 1.79. The molecule has 0 saturated carbocycles. The summed E-state index contributed by atoms with van der Waals surface area (Å²) in [7, 11) is 0. The second-order valence-electron chi connectivity index (χ2n) is 4.89. The molecule has 1 aromatic heterocycles. The number of carbonyl (C=O) groups excluding carboxylic acids is 1. The molecule has 0 radical (unpaired) electrons. The molecular weight excluding hydrogens is 376 g/mol. The molecular formula is C19H12BrClO2. The van der Waals surface area contributed by atoms with Crippen molar-refractivity contribution in [1.29, 1.82) is 0 Å². The molecule has 0 atom stereocenters. The Bertz CT molecular complexity index is 880. The molecule has 114 valence electrons. The number of halogens is 2. The van der Waals surface area contributed by atoms with Gasteiger partial charge in [-0.1, -0.05) is 57.9 Å². The van der Waals surface area contributed by atoms with Crippen molar-refractivity contribution in [1.82, 2.24) is 0 Å². The van der Waals surface area contributed by atoms with E-state index in [1.165, 1.54) is 6.08 Å². The predicted octanol–water partition coefficient (Wildman–Crippen LogP) is 6.26. The number of hydrogen-bond acceptors (Lipinski definition) is 2. The average Bonchev–Trinajstić information content (AvgIpc) is 3.02. The van der Waals surface area contributed by atoms with Crippen LogP contribution in [0.25, 0.3) is 17.4 Å². The zero-order valence-corrected chi connectivity index (χ0v) is 14.3. The number of rotatable bonds is 4. The smallest absolute Gasteiger partial charge is 0.186 e. The van der Waals surface area contributed by atoms with Gasteiger partial charge in [0.05, 0.1) is 0 Å². The lowest BCUT2D eigenvalue weighted by Gasteiger charge is -1.99. The molecule has 0 unspecified atom stereocenters. The van der Waals surface area contributed by atoms with Crippen molar-refractivity contribution in [2.75, 3.05) is 0 Å². The van der Waals surface area contributed by atoms with E-state index in [2.05, 4.69) is 15.9 Å². The predicted molar refractivity (Wildman–Crippen MR) is 96.7 cm³/mol. The van der Waals surface area contributed by atoms with E-state index in [9.17, 15) is 4.79 Å². The van der Waals surface area contributed by atoms with Crippen molar-refractivity contribution in [3.8, 4) is 11.3 Å². The van der Waals surface area contributed by atoms with Crippen molar-refractivity contribution in [2.24, 2.45) is 0 Å². The van der Waals surface area contributed by atoms with Gasteiger partial charge in [0.25, 0.3) is 0 Å². The van der Waals surface area contributed by atoms with Crippen LogP contribution in [0.15, 0.2) is 75.6 Å². The molecule has 0 spiro atoms. The Morgan fingerprint density at radius 1 is 1.04 bits per heavy atom. The SMILES string of the molecule is O=C(/C=C/c1ccc(-c2ccccc2Br)o1)c1cccc(Cl)c1. The summed E-state index contributed by atoms with van der Waals surface area (Å²) < 4.78 is 6.72. The van der Waals surface area contributed by atoms with Crippen LogP contribution in [0, 0.1) is 0 Å². The number of allylic oxidation sites excluding steroid dienone is 1. The summed E-state index contributed by atoms with van der Waals surface area (Å²) in [6, 6.07) is 18.4. The van der Waals surface area contributed by atoms with Gasteiger partial charge in [0.15, 0.2) is 5.78 Å². The lowest BCUT2D eigenvalue weighted by molar-refractivity contribution is 0.104. The van der Waals surface area contributed by atoms with Crippen LogP contribution in [0.4, 0.5) is 0 Å². The number of carbonyl (C=O) groups is 1. The monoisotopic (exact) mass is 386 g/mol. The van der Waals surface area contributed by atoms with Gasteiger partial charge < -0.3 is 4.42 Å². The summed E-state index contributed by atoms with van der Waals surface area (Å²) in [5.74, 6) is 1.24. The first-order valence-electron chi connectivity index (χ1n) is 6.96. The van der Waals surface area contributed by atoms with Gasteiger partial charge in [0.1, 0.15) is 11.5 Å². The van der Waals surface area contributed by atoms with Gasteiger partial charge >= 0.3 is 0 Å². The second kappa shape index (κ2) is 6.99. The topological polar surface area (TPSA) is 30.2 Å². The maximum absolute atomic E-state index is 12.1. The van der Waals surface area contributed by atoms with E-state index in [0.29, 0.717) is 16.3 Å². The molecule has 23 heavy (non-hydrogen) atoms. The van der Waals surface area contributed by atoms with Crippen LogP contribution in [0.3, 0.4) is 0 Å². The molecule has 0 saturated heterocycles. The molecule has 3 rings (SSSR count). The molecule has 4 heteroatoms. The van der Waals surface area contributed by atoms with Crippen molar-refractivity contribution >= 4 is 39.4 Å². The van der Waals surface area contributed by atoms with Crippen molar-refractivity contribution < 1.29 is 9.21 Å². The zero-order chi connectivity index (χ0) is 16.2. The van der Waals surface area contributed by atoms with E-state index in [1.54, 1.807) is 30.3 Å². The molecule has 0 aliphatic heterocycles. The maximum atomic E-state index is 12.1. The van der Waals surface area contributed by atoms with Gasteiger partial charge in [-0.05, 0) is 42.5 Å². The molecule has 2 nitrogen and oxygen atoms in total. The number of benzene rings is 2. The second-order valence-corrected chi connectivity index (χ2v) is 6.18. The lowest BCUT2D eigenvalue weighted by atomic mass is 10.1. The van der Waals surface area contributed by atoms with E-state index in [1.807, 2.05) is 36.4 Å². The molecule has 0 aliphatic rings. The van der Waals surface area contributed by atoms with Gasteiger partial charge in [-0.3, -0.25) is 4.79 Å². The van der Waals surface area contributed by atoms with Crippen molar-refractivity contribution in [3.05, 3.63) is 87.6 Å². The Morgan fingerprint density at radius 3 is 2.65 bits per heavy atom. The van der Waals surface area contributed by atoms with E-state index >= 15 is 0 Å². The number of ketones is 1. The first-order chi connectivity index (χ1) is 11.1. The molecule has 0 fully saturated rings. The van der Waals surface area contributed by atoms with Gasteiger partial charge in [-0.25, -0.2) is 0 Å². The molecule has 1 heterocycles. The minimum absolute atomic E-state index is 0.119. The maximum Gasteiger partial charge on any atom is 0.186 e. The summed E-state index contributed by atoms with van der Waals surface area (Å²) in [6.07, 6.45) is 3.14.